The molecule has 0 bridgehead atoms. The second kappa shape index (κ2) is 9.02. The maximum absolute atomic E-state index is 12.3. The molecule has 6 nitrogen and oxygen atoms in total. The molecule has 3 aromatic rings. The molecule has 2 heterocycles. The van der Waals surface area contributed by atoms with Gasteiger partial charge < -0.3 is 15.0 Å². The number of piperazine rings is 1. The van der Waals surface area contributed by atoms with E-state index in [1.807, 2.05) is 0 Å². The van der Waals surface area contributed by atoms with E-state index in [2.05, 4.69) is 41.1 Å². The van der Waals surface area contributed by atoms with Crippen LogP contribution in [-0.2, 0) is 0 Å². The minimum Gasteiger partial charge on any atom is -0.497 e. The monoisotopic (exact) mass is 424 g/mol. The van der Waals surface area contributed by atoms with Gasteiger partial charge in [-0.3, -0.25) is 9.69 Å². The lowest BCUT2D eigenvalue weighted by atomic mass is 10.1. The fraction of sp³-hybridized carbons (Fsp3) is 0.391. The molecule has 0 saturated carbocycles. The summed E-state index contributed by atoms with van der Waals surface area (Å²) in [4.78, 5) is 22.0. The maximum Gasteiger partial charge on any atom is 0.251 e. The molecule has 0 aliphatic carbocycles. The number of ether oxygens (including phenoxy) is 1. The zero-order valence-corrected chi connectivity index (χ0v) is 18.6. The van der Waals surface area contributed by atoms with Crippen molar-refractivity contribution in [1.82, 2.24) is 15.2 Å². The Bertz CT molecular complexity index is 985. The number of carbonyl (C=O) groups is 1. The molecule has 1 N–H and O–H groups in total. The molecule has 2 aromatic carbocycles. The minimum atomic E-state index is -0.0449. The predicted octanol–water partition coefficient (Wildman–Crippen LogP) is 3.47. The summed E-state index contributed by atoms with van der Waals surface area (Å²) in [6.45, 7) is 9.66. The summed E-state index contributed by atoms with van der Waals surface area (Å²) in [7, 11) is 1.62. The van der Waals surface area contributed by atoms with Crippen molar-refractivity contribution >= 4 is 32.6 Å². The normalized spacial score (nSPS) is 14.8. The van der Waals surface area contributed by atoms with E-state index >= 15 is 0 Å². The summed E-state index contributed by atoms with van der Waals surface area (Å²) in [5, 5.41) is 4.13. The van der Waals surface area contributed by atoms with Crippen molar-refractivity contribution in [2.75, 3.05) is 51.3 Å². The summed E-state index contributed by atoms with van der Waals surface area (Å²) < 4.78 is 6.43. The molecule has 30 heavy (non-hydrogen) atoms. The zero-order valence-electron chi connectivity index (χ0n) is 17.8. The lowest BCUT2D eigenvalue weighted by Crippen LogP contribution is -2.48. The van der Waals surface area contributed by atoms with Crippen LogP contribution in [0.25, 0.3) is 10.2 Å². The van der Waals surface area contributed by atoms with Gasteiger partial charge in [-0.2, -0.15) is 0 Å². The molecule has 1 fully saturated rings. The van der Waals surface area contributed by atoms with Crippen molar-refractivity contribution in [2.45, 2.75) is 13.8 Å². The van der Waals surface area contributed by atoms with Gasteiger partial charge in [0.05, 0.1) is 17.3 Å². The van der Waals surface area contributed by atoms with Crippen LogP contribution in [0.2, 0.25) is 0 Å². The number of amides is 1. The number of methoxy groups -OCH3 is 1. The number of benzene rings is 2. The van der Waals surface area contributed by atoms with E-state index in [-0.39, 0.29) is 5.91 Å². The van der Waals surface area contributed by atoms with Crippen molar-refractivity contribution in [1.29, 1.82) is 0 Å². The van der Waals surface area contributed by atoms with E-state index in [0.717, 1.165) is 49.1 Å². The summed E-state index contributed by atoms with van der Waals surface area (Å²) in [6, 6.07) is 11.5. The average molecular weight is 425 g/mol. The Labute approximate surface area is 181 Å². The number of aryl methyl sites for hydroxylation is 2. The largest absolute Gasteiger partial charge is 0.497 e. The Morgan fingerprint density at radius 2 is 1.77 bits per heavy atom. The SMILES string of the molecule is COc1ccc(C(=O)NCCN2CCN(c3nc4c(C)ccc(C)c4s3)CC2)cc1. The van der Waals surface area contributed by atoms with Crippen LogP contribution >= 0.6 is 11.3 Å². The average Bonchev–Trinajstić information content (AvgIpc) is 3.24. The predicted molar refractivity (Wildman–Crippen MR) is 123 cm³/mol. The van der Waals surface area contributed by atoms with Gasteiger partial charge >= 0.3 is 0 Å². The fourth-order valence-electron chi connectivity index (χ4n) is 3.72. The third-order valence-electron chi connectivity index (χ3n) is 5.64. The lowest BCUT2D eigenvalue weighted by Gasteiger charge is -2.34. The maximum atomic E-state index is 12.3. The van der Waals surface area contributed by atoms with E-state index in [0.29, 0.717) is 12.1 Å². The van der Waals surface area contributed by atoms with Crippen LogP contribution in [0.3, 0.4) is 0 Å². The van der Waals surface area contributed by atoms with Gasteiger partial charge in [-0.1, -0.05) is 23.5 Å². The Balaban J connectivity index is 1.26. The van der Waals surface area contributed by atoms with Crippen molar-refractivity contribution in [3.05, 3.63) is 53.1 Å². The first-order chi connectivity index (χ1) is 14.5. The number of fused-ring (bicyclic) bond motifs is 1. The highest BCUT2D eigenvalue weighted by atomic mass is 32.1. The van der Waals surface area contributed by atoms with Gasteiger partial charge in [-0.15, -0.1) is 0 Å². The van der Waals surface area contributed by atoms with Gasteiger partial charge in [0.1, 0.15) is 5.75 Å². The highest BCUT2D eigenvalue weighted by Crippen LogP contribution is 2.33. The van der Waals surface area contributed by atoms with Gasteiger partial charge in [-0.05, 0) is 49.2 Å². The lowest BCUT2D eigenvalue weighted by molar-refractivity contribution is 0.0947. The van der Waals surface area contributed by atoms with Crippen LogP contribution in [-0.4, -0.2) is 62.2 Å². The standard InChI is InChI=1S/C23H28N4O2S/c1-16-4-5-17(2)21-20(16)25-23(30-21)27-14-12-26(13-15-27)11-10-24-22(28)18-6-8-19(29-3)9-7-18/h4-9H,10-15H2,1-3H3,(H,24,28). The third-order valence-corrected chi connectivity index (χ3v) is 6.89. The third kappa shape index (κ3) is 4.42. The molecular formula is C23H28N4O2S. The van der Waals surface area contributed by atoms with Gasteiger partial charge in [0.2, 0.25) is 0 Å². The number of rotatable bonds is 6. The number of carbonyl (C=O) groups excluding carboxylic acids is 1. The molecule has 0 spiro atoms. The number of nitrogens with one attached hydrogen (secondary N) is 1. The molecular weight excluding hydrogens is 396 g/mol. The number of thiazole rings is 1. The van der Waals surface area contributed by atoms with Crippen LogP contribution in [0.1, 0.15) is 21.5 Å². The van der Waals surface area contributed by atoms with Gasteiger partial charge in [0.25, 0.3) is 5.91 Å². The minimum absolute atomic E-state index is 0.0449. The molecule has 4 rings (SSSR count). The van der Waals surface area contributed by atoms with Gasteiger partial charge in [0, 0.05) is 44.8 Å². The molecule has 0 radical (unpaired) electrons. The molecule has 0 atom stereocenters. The topological polar surface area (TPSA) is 57.7 Å². The van der Waals surface area contributed by atoms with Crippen molar-refractivity contribution in [3.63, 3.8) is 0 Å². The molecule has 1 amide bonds. The van der Waals surface area contributed by atoms with Gasteiger partial charge in [0.15, 0.2) is 5.13 Å². The number of anilines is 1. The van der Waals surface area contributed by atoms with Crippen molar-refractivity contribution in [2.24, 2.45) is 0 Å². The molecule has 0 unspecified atom stereocenters. The summed E-state index contributed by atoms with van der Waals surface area (Å²) >= 11 is 1.80. The highest BCUT2D eigenvalue weighted by molar-refractivity contribution is 7.22. The number of hydrogen-bond donors (Lipinski definition) is 1. The van der Waals surface area contributed by atoms with E-state index in [1.165, 1.54) is 15.8 Å². The van der Waals surface area contributed by atoms with Crippen LogP contribution in [0.4, 0.5) is 5.13 Å². The highest BCUT2D eigenvalue weighted by Gasteiger charge is 2.20. The zero-order chi connectivity index (χ0) is 21.1. The molecule has 1 saturated heterocycles. The van der Waals surface area contributed by atoms with Crippen molar-refractivity contribution in [3.8, 4) is 5.75 Å². The molecule has 1 aliphatic heterocycles. The van der Waals surface area contributed by atoms with E-state index in [1.54, 1.807) is 42.7 Å². The van der Waals surface area contributed by atoms with E-state index in [9.17, 15) is 4.79 Å². The molecule has 7 heteroatoms. The smallest absolute Gasteiger partial charge is 0.251 e. The van der Waals surface area contributed by atoms with Crippen LogP contribution < -0.4 is 15.0 Å². The van der Waals surface area contributed by atoms with Crippen LogP contribution in [0.15, 0.2) is 36.4 Å². The first-order valence-corrected chi connectivity index (χ1v) is 11.1. The van der Waals surface area contributed by atoms with Crippen molar-refractivity contribution < 1.29 is 9.53 Å². The Morgan fingerprint density at radius 3 is 2.43 bits per heavy atom. The fourth-order valence-corrected chi connectivity index (χ4v) is 4.88. The summed E-state index contributed by atoms with van der Waals surface area (Å²) in [5.41, 5.74) is 4.33. The Hall–Kier alpha value is -2.64. The number of nitrogens with zero attached hydrogens (tertiary/aromatic N) is 3. The Morgan fingerprint density at radius 1 is 1.07 bits per heavy atom. The second-order valence-corrected chi connectivity index (χ2v) is 8.66. The molecule has 1 aromatic heterocycles. The molecule has 1 aliphatic rings. The van der Waals surface area contributed by atoms with Crippen LogP contribution in [0.5, 0.6) is 5.75 Å². The summed E-state index contributed by atoms with van der Waals surface area (Å²) in [5.74, 6) is 0.708. The molecule has 158 valence electrons. The second-order valence-electron chi connectivity index (χ2n) is 7.69. The Kier molecular flexibility index (Phi) is 6.20. The van der Waals surface area contributed by atoms with E-state index in [4.69, 9.17) is 9.72 Å². The first-order valence-electron chi connectivity index (χ1n) is 10.3. The first kappa shape index (κ1) is 20.6. The number of aromatic nitrogens is 1. The van der Waals surface area contributed by atoms with Gasteiger partial charge in [-0.25, -0.2) is 4.98 Å². The quantitative estimate of drug-likeness (QED) is 0.657. The summed E-state index contributed by atoms with van der Waals surface area (Å²) in [6.07, 6.45) is 0. The number of hydrogen-bond acceptors (Lipinski definition) is 6. The van der Waals surface area contributed by atoms with E-state index < -0.39 is 0 Å². The van der Waals surface area contributed by atoms with Crippen LogP contribution in [0, 0.1) is 13.8 Å².